The molecular formula is C11H12N2S2. The minimum Gasteiger partial charge on any atom is -0.342 e. The van der Waals surface area contributed by atoms with Crippen molar-refractivity contribution < 1.29 is 0 Å². The topological polar surface area (TPSA) is 28.7 Å². The second-order valence-corrected chi connectivity index (χ2v) is 5.02. The third-order valence-electron chi connectivity index (χ3n) is 2.09. The summed E-state index contributed by atoms with van der Waals surface area (Å²) in [7, 11) is 0. The zero-order valence-electron chi connectivity index (χ0n) is 8.65. The molecule has 1 N–H and O–H groups in total. The number of hydrogen-bond acceptors (Lipinski definition) is 3. The summed E-state index contributed by atoms with van der Waals surface area (Å²) in [5, 5.41) is 2.06. The van der Waals surface area contributed by atoms with E-state index in [0.29, 0.717) is 10.6 Å². The number of nitrogens with one attached hydrogen (secondary N) is 1. The Labute approximate surface area is 98.0 Å². The lowest BCUT2D eigenvalue weighted by Gasteiger charge is -2.06. The second kappa shape index (κ2) is 4.24. The fourth-order valence-electron chi connectivity index (χ4n) is 1.31. The molecular weight excluding hydrogens is 224 g/mol. The predicted molar refractivity (Wildman–Crippen MR) is 66.8 cm³/mol. The molecule has 2 aromatic heterocycles. The predicted octanol–water partition coefficient (Wildman–Crippen LogP) is 3.99. The van der Waals surface area contributed by atoms with Crippen LogP contribution >= 0.6 is 23.6 Å². The van der Waals surface area contributed by atoms with Crippen LogP contribution in [0, 0.1) is 4.64 Å². The highest BCUT2D eigenvalue weighted by Gasteiger charge is 2.05. The van der Waals surface area contributed by atoms with Gasteiger partial charge in [0.1, 0.15) is 10.5 Å². The maximum atomic E-state index is 5.15. The number of aromatic nitrogens is 2. The maximum Gasteiger partial charge on any atom is 0.130 e. The normalized spacial score (nSPS) is 10.9. The van der Waals surface area contributed by atoms with Gasteiger partial charge in [0.25, 0.3) is 0 Å². The number of hydrogen-bond donors (Lipinski definition) is 1. The van der Waals surface area contributed by atoms with E-state index in [1.54, 1.807) is 11.3 Å². The average molecular weight is 236 g/mol. The van der Waals surface area contributed by atoms with E-state index in [2.05, 4.69) is 35.3 Å². The van der Waals surface area contributed by atoms with E-state index in [0.717, 1.165) is 11.5 Å². The molecule has 15 heavy (non-hydrogen) atoms. The quantitative estimate of drug-likeness (QED) is 0.799. The molecule has 4 heteroatoms. The van der Waals surface area contributed by atoms with Gasteiger partial charge in [0.15, 0.2) is 0 Å². The molecule has 0 radical (unpaired) electrons. The molecule has 0 unspecified atom stereocenters. The van der Waals surface area contributed by atoms with Crippen molar-refractivity contribution in [1.29, 1.82) is 0 Å². The molecule has 0 saturated carbocycles. The summed E-state index contributed by atoms with van der Waals surface area (Å²) in [6.07, 6.45) is 0. The van der Waals surface area contributed by atoms with Crippen molar-refractivity contribution in [3.63, 3.8) is 0 Å². The summed E-state index contributed by atoms with van der Waals surface area (Å²) in [6, 6.07) is 6.02. The van der Waals surface area contributed by atoms with Crippen LogP contribution in [-0.2, 0) is 0 Å². The summed E-state index contributed by atoms with van der Waals surface area (Å²) < 4.78 is 0.654. The van der Waals surface area contributed by atoms with Crippen LogP contribution in [0.15, 0.2) is 23.6 Å². The second-order valence-electron chi connectivity index (χ2n) is 3.65. The smallest absolute Gasteiger partial charge is 0.130 e. The van der Waals surface area contributed by atoms with Gasteiger partial charge in [-0.05, 0) is 17.5 Å². The van der Waals surface area contributed by atoms with Crippen LogP contribution in [0.4, 0.5) is 0 Å². The fraction of sp³-hybridized carbons (Fsp3) is 0.273. The SMILES string of the molecule is CC(C)c1nc(=S)cc(-c2cccs2)[nH]1. The molecule has 78 valence electrons. The van der Waals surface area contributed by atoms with Crippen LogP contribution < -0.4 is 0 Å². The van der Waals surface area contributed by atoms with Crippen molar-refractivity contribution in [2.45, 2.75) is 19.8 Å². The molecule has 0 aromatic carbocycles. The van der Waals surface area contributed by atoms with Crippen molar-refractivity contribution in [3.05, 3.63) is 34.0 Å². The molecule has 2 aromatic rings. The van der Waals surface area contributed by atoms with Gasteiger partial charge in [0.2, 0.25) is 0 Å². The van der Waals surface area contributed by atoms with Crippen molar-refractivity contribution in [1.82, 2.24) is 9.97 Å². The lowest BCUT2D eigenvalue weighted by atomic mass is 10.2. The lowest BCUT2D eigenvalue weighted by molar-refractivity contribution is 0.773. The van der Waals surface area contributed by atoms with Gasteiger partial charge < -0.3 is 4.98 Å². The van der Waals surface area contributed by atoms with E-state index in [-0.39, 0.29) is 0 Å². The Morgan fingerprint density at radius 2 is 2.27 bits per heavy atom. The minimum absolute atomic E-state index is 0.367. The van der Waals surface area contributed by atoms with Gasteiger partial charge >= 0.3 is 0 Å². The first-order valence-electron chi connectivity index (χ1n) is 4.82. The Bertz CT molecular complexity index is 498. The molecule has 0 amide bonds. The lowest BCUT2D eigenvalue weighted by Crippen LogP contribution is -1.98. The van der Waals surface area contributed by atoms with Gasteiger partial charge in [-0.3, -0.25) is 0 Å². The van der Waals surface area contributed by atoms with Gasteiger partial charge in [0, 0.05) is 5.92 Å². The van der Waals surface area contributed by atoms with Crippen molar-refractivity contribution >= 4 is 23.6 Å². The van der Waals surface area contributed by atoms with E-state index in [9.17, 15) is 0 Å². The Hall–Kier alpha value is -1.00. The molecule has 0 spiro atoms. The standard InChI is InChI=1S/C11H12N2S2/c1-7(2)11-12-8(6-10(14)13-11)9-4-3-5-15-9/h3-7H,1-2H3,(H,12,13,14). The monoisotopic (exact) mass is 236 g/mol. The van der Waals surface area contributed by atoms with Crippen LogP contribution in [0.3, 0.4) is 0 Å². The van der Waals surface area contributed by atoms with Crippen LogP contribution in [0.5, 0.6) is 0 Å². The maximum absolute atomic E-state index is 5.15. The van der Waals surface area contributed by atoms with Gasteiger partial charge in [-0.25, -0.2) is 4.98 Å². The zero-order chi connectivity index (χ0) is 10.8. The minimum atomic E-state index is 0.367. The Balaban J connectivity index is 2.54. The molecule has 0 saturated heterocycles. The van der Waals surface area contributed by atoms with Crippen LogP contribution in [-0.4, -0.2) is 9.97 Å². The average Bonchev–Trinajstić information content (AvgIpc) is 2.69. The van der Waals surface area contributed by atoms with E-state index < -0.39 is 0 Å². The summed E-state index contributed by atoms with van der Waals surface area (Å²) >= 11 is 6.85. The number of thiophene rings is 1. The molecule has 0 fully saturated rings. The molecule has 0 atom stereocenters. The molecule has 0 aliphatic rings. The first-order chi connectivity index (χ1) is 7.16. The zero-order valence-corrected chi connectivity index (χ0v) is 10.3. The highest BCUT2D eigenvalue weighted by Crippen LogP contribution is 2.23. The summed E-state index contributed by atoms with van der Waals surface area (Å²) in [5.74, 6) is 1.32. The van der Waals surface area contributed by atoms with Crippen LogP contribution in [0.25, 0.3) is 10.6 Å². The highest BCUT2D eigenvalue weighted by molar-refractivity contribution is 7.71. The highest BCUT2D eigenvalue weighted by atomic mass is 32.1. The number of aromatic amines is 1. The van der Waals surface area contributed by atoms with Crippen molar-refractivity contribution in [2.24, 2.45) is 0 Å². The van der Waals surface area contributed by atoms with E-state index in [4.69, 9.17) is 12.2 Å². The number of H-pyrrole nitrogens is 1. The van der Waals surface area contributed by atoms with Gasteiger partial charge in [0.05, 0.1) is 10.6 Å². The van der Waals surface area contributed by atoms with Gasteiger partial charge in [-0.15, -0.1) is 11.3 Å². The van der Waals surface area contributed by atoms with Crippen LogP contribution in [0.2, 0.25) is 0 Å². The Morgan fingerprint density at radius 3 is 2.87 bits per heavy atom. The summed E-state index contributed by atoms with van der Waals surface area (Å²) in [6.45, 7) is 4.21. The molecule has 0 aliphatic heterocycles. The van der Waals surface area contributed by atoms with E-state index in [1.165, 1.54) is 4.88 Å². The summed E-state index contributed by atoms with van der Waals surface area (Å²) in [5.41, 5.74) is 1.06. The van der Waals surface area contributed by atoms with Gasteiger partial charge in [-0.2, -0.15) is 0 Å². The first kappa shape index (κ1) is 10.5. The molecule has 0 bridgehead atoms. The van der Waals surface area contributed by atoms with Crippen LogP contribution in [0.1, 0.15) is 25.6 Å². The molecule has 2 nitrogen and oxygen atoms in total. The summed E-state index contributed by atoms with van der Waals surface area (Å²) in [4.78, 5) is 8.83. The Kier molecular flexibility index (Phi) is 2.98. The largest absolute Gasteiger partial charge is 0.342 e. The van der Waals surface area contributed by atoms with E-state index in [1.807, 2.05) is 12.1 Å². The van der Waals surface area contributed by atoms with E-state index >= 15 is 0 Å². The van der Waals surface area contributed by atoms with Gasteiger partial charge in [-0.1, -0.05) is 32.1 Å². The van der Waals surface area contributed by atoms with Crippen molar-refractivity contribution in [2.75, 3.05) is 0 Å². The molecule has 0 aliphatic carbocycles. The number of nitrogens with zero attached hydrogens (tertiary/aromatic N) is 1. The fourth-order valence-corrected chi connectivity index (χ4v) is 2.23. The third-order valence-corrected chi connectivity index (χ3v) is 3.21. The van der Waals surface area contributed by atoms with Crippen molar-refractivity contribution in [3.8, 4) is 10.6 Å². The Morgan fingerprint density at radius 1 is 1.47 bits per heavy atom. The number of rotatable bonds is 2. The first-order valence-corrected chi connectivity index (χ1v) is 6.11. The molecule has 2 rings (SSSR count). The third kappa shape index (κ3) is 2.33. The molecule has 2 heterocycles.